The Hall–Kier alpha value is -2.47. The maximum Gasteiger partial charge on any atom is 0.220 e. The monoisotopic (exact) mass is 415 g/mol. The molecule has 0 saturated heterocycles. The van der Waals surface area contributed by atoms with Gasteiger partial charge in [-0.1, -0.05) is 34.1 Å². The van der Waals surface area contributed by atoms with Gasteiger partial charge in [0, 0.05) is 29.0 Å². The average Bonchev–Trinajstić information content (AvgIpc) is 3.16. The molecule has 0 bridgehead atoms. The van der Waals surface area contributed by atoms with Gasteiger partial charge >= 0.3 is 0 Å². The van der Waals surface area contributed by atoms with Gasteiger partial charge in [0.05, 0.1) is 12.4 Å². The molecule has 0 spiro atoms. The lowest BCUT2D eigenvalue weighted by Crippen LogP contribution is -2.26. The normalized spacial score (nSPS) is 12.0. The summed E-state index contributed by atoms with van der Waals surface area (Å²) < 4.78 is 16.4. The van der Waals surface area contributed by atoms with E-state index in [-0.39, 0.29) is 24.2 Å². The lowest BCUT2D eigenvalue weighted by atomic mass is 10.1. The summed E-state index contributed by atoms with van der Waals surface area (Å²) in [5, 5.41) is 2.96. The molecule has 1 atom stereocenters. The van der Waals surface area contributed by atoms with Crippen LogP contribution in [0.15, 0.2) is 65.7 Å². The van der Waals surface area contributed by atoms with Gasteiger partial charge in [-0.15, -0.1) is 0 Å². The number of hydrogen-bond donors (Lipinski definition) is 1. The second-order valence-corrected chi connectivity index (χ2v) is 7.00. The Balaban J connectivity index is 1.55. The number of nitrogens with one attached hydrogen (secondary N) is 1. The fourth-order valence-corrected chi connectivity index (χ4v) is 3.05. The Labute approximate surface area is 160 Å². The maximum atomic E-state index is 13.8. The molecule has 134 valence electrons. The van der Waals surface area contributed by atoms with Crippen molar-refractivity contribution in [1.29, 1.82) is 0 Å². The molecule has 0 aliphatic carbocycles. The summed E-state index contributed by atoms with van der Waals surface area (Å²) in [6.45, 7) is 1.93. The van der Waals surface area contributed by atoms with E-state index in [1.807, 2.05) is 42.0 Å². The Bertz CT molecular complexity index is 879. The molecule has 1 unspecified atom stereocenters. The molecule has 26 heavy (non-hydrogen) atoms. The summed E-state index contributed by atoms with van der Waals surface area (Å²) in [5.74, 6) is -0.395. The molecule has 3 aromatic rings. The van der Waals surface area contributed by atoms with Crippen LogP contribution in [0.3, 0.4) is 0 Å². The molecule has 1 N–H and O–H groups in total. The predicted octanol–water partition coefficient (Wildman–Crippen LogP) is 4.58. The van der Waals surface area contributed by atoms with Crippen LogP contribution in [0.25, 0.3) is 5.69 Å². The van der Waals surface area contributed by atoms with Crippen LogP contribution >= 0.6 is 15.9 Å². The van der Waals surface area contributed by atoms with Crippen molar-refractivity contribution in [3.8, 4) is 5.69 Å². The second kappa shape index (κ2) is 8.27. The number of amides is 1. The fraction of sp³-hybridized carbons (Fsp3) is 0.200. The molecule has 0 saturated carbocycles. The van der Waals surface area contributed by atoms with E-state index in [1.165, 1.54) is 6.07 Å². The number of aromatic nitrogens is 2. The van der Waals surface area contributed by atoms with E-state index in [0.717, 1.165) is 11.3 Å². The Morgan fingerprint density at radius 2 is 2.04 bits per heavy atom. The molecule has 1 amide bonds. The summed E-state index contributed by atoms with van der Waals surface area (Å²) >= 11 is 3.23. The Kier molecular flexibility index (Phi) is 5.83. The first kappa shape index (κ1) is 18.3. The molecule has 2 aromatic carbocycles. The molecule has 1 heterocycles. The van der Waals surface area contributed by atoms with Crippen LogP contribution in [0.1, 0.15) is 30.5 Å². The third-order valence-electron chi connectivity index (χ3n) is 4.21. The molecule has 3 rings (SSSR count). The van der Waals surface area contributed by atoms with Crippen molar-refractivity contribution in [2.24, 2.45) is 0 Å². The van der Waals surface area contributed by atoms with Gasteiger partial charge in [-0.3, -0.25) is 4.79 Å². The first-order valence-corrected chi connectivity index (χ1v) is 9.14. The lowest BCUT2D eigenvalue weighted by molar-refractivity contribution is -0.121. The molecule has 0 aliphatic heterocycles. The topological polar surface area (TPSA) is 46.9 Å². The van der Waals surface area contributed by atoms with Gasteiger partial charge in [-0.05, 0) is 48.7 Å². The fourth-order valence-electron chi connectivity index (χ4n) is 2.72. The van der Waals surface area contributed by atoms with E-state index < -0.39 is 0 Å². The zero-order valence-electron chi connectivity index (χ0n) is 14.3. The molecule has 1 aromatic heterocycles. The van der Waals surface area contributed by atoms with Gasteiger partial charge in [-0.2, -0.15) is 0 Å². The van der Waals surface area contributed by atoms with Crippen LogP contribution < -0.4 is 5.32 Å². The highest BCUT2D eigenvalue weighted by Gasteiger charge is 2.11. The highest BCUT2D eigenvalue weighted by atomic mass is 79.9. The number of rotatable bonds is 6. The third kappa shape index (κ3) is 4.58. The first-order valence-electron chi connectivity index (χ1n) is 8.34. The lowest BCUT2D eigenvalue weighted by Gasteiger charge is -2.15. The second-order valence-electron chi connectivity index (χ2n) is 6.09. The minimum Gasteiger partial charge on any atom is -0.350 e. The minimum absolute atomic E-state index is 0.0986. The molecule has 0 aliphatic rings. The van der Waals surface area contributed by atoms with Crippen LogP contribution in [0, 0.1) is 5.82 Å². The largest absolute Gasteiger partial charge is 0.350 e. The summed E-state index contributed by atoms with van der Waals surface area (Å²) in [7, 11) is 0. The van der Waals surface area contributed by atoms with E-state index in [0.29, 0.717) is 16.5 Å². The van der Waals surface area contributed by atoms with Gasteiger partial charge in [0.2, 0.25) is 5.91 Å². The first-order chi connectivity index (χ1) is 12.5. The number of carbonyl (C=O) groups excluding carboxylic acids is 1. The van der Waals surface area contributed by atoms with Crippen LogP contribution in [-0.2, 0) is 11.2 Å². The molecular weight excluding hydrogens is 397 g/mol. The zero-order chi connectivity index (χ0) is 18.5. The summed E-state index contributed by atoms with van der Waals surface area (Å²) in [4.78, 5) is 16.2. The number of nitrogens with zero attached hydrogens (tertiary/aromatic N) is 2. The average molecular weight is 416 g/mol. The van der Waals surface area contributed by atoms with E-state index in [9.17, 15) is 9.18 Å². The molecule has 0 radical (unpaired) electrons. The number of imidazole rings is 1. The van der Waals surface area contributed by atoms with Crippen molar-refractivity contribution in [2.75, 3.05) is 0 Å². The number of hydrogen-bond acceptors (Lipinski definition) is 2. The summed E-state index contributed by atoms with van der Waals surface area (Å²) in [6.07, 6.45) is 5.96. The highest BCUT2D eigenvalue weighted by molar-refractivity contribution is 9.10. The SMILES string of the molecule is CC(NC(=O)CCc1ccc(Br)cc1F)c1ccc(-n2ccnc2)cc1. The highest BCUT2D eigenvalue weighted by Crippen LogP contribution is 2.18. The quantitative estimate of drug-likeness (QED) is 0.639. The van der Waals surface area contributed by atoms with E-state index in [2.05, 4.69) is 26.2 Å². The van der Waals surface area contributed by atoms with Crippen LogP contribution in [0.4, 0.5) is 4.39 Å². The molecular formula is C20H19BrFN3O. The number of benzene rings is 2. The van der Waals surface area contributed by atoms with Crippen molar-refractivity contribution >= 4 is 21.8 Å². The van der Waals surface area contributed by atoms with Gasteiger partial charge < -0.3 is 9.88 Å². The van der Waals surface area contributed by atoms with Crippen molar-refractivity contribution in [1.82, 2.24) is 14.9 Å². The molecule has 0 fully saturated rings. The van der Waals surface area contributed by atoms with Gasteiger partial charge in [-0.25, -0.2) is 9.37 Å². The maximum absolute atomic E-state index is 13.8. The van der Waals surface area contributed by atoms with Crippen molar-refractivity contribution in [2.45, 2.75) is 25.8 Å². The number of aryl methyl sites for hydroxylation is 1. The van der Waals surface area contributed by atoms with Crippen molar-refractivity contribution < 1.29 is 9.18 Å². The summed E-state index contributed by atoms with van der Waals surface area (Å²) in [5.41, 5.74) is 2.56. The van der Waals surface area contributed by atoms with Crippen molar-refractivity contribution in [3.05, 3.63) is 82.6 Å². The van der Waals surface area contributed by atoms with Gasteiger partial charge in [0.25, 0.3) is 0 Å². The summed E-state index contributed by atoms with van der Waals surface area (Å²) in [6, 6.07) is 12.7. The van der Waals surface area contributed by atoms with E-state index >= 15 is 0 Å². The van der Waals surface area contributed by atoms with Crippen LogP contribution in [0.5, 0.6) is 0 Å². The molecule has 6 heteroatoms. The predicted molar refractivity (Wildman–Crippen MR) is 103 cm³/mol. The Morgan fingerprint density at radius 1 is 1.27 bits per heavy atom. The minimum atomic E-state index is -0.296. The van der Waals surface area contributed by atoms with Crippen LogP contribution in [0.2, 0.25) is 0 Å². The third-order valence-corrected chi connectivity index (χ3v) is 4.70. The van der Waals surface area contributed by atoms with Gasteiger partial charge in [0.15, 0.2) is 0 Å². The van der Waals surface area contributed by atoms with Crippen LogP contribution in [-0.4, -0.2) is 15.5 Å². The standard InChI is InChI=1S/C20H19BrFN3O/c1-14(15-3-7-18(8-4-15)25-11-10-23-13-25)24-20(26)9-5-16-2-6-17(21)12-19(16)22/h2-4,6-8,10-14H,5,9H2,1H3,(H,24,26). The number of carbonyl (C=O) groups is 1. The van der Waals surface area contributed by atoms with Gasteiger partial charge in [0.1, 0.15) is 5.82 Å². The smallest absolute Gasteiger partial charge is 0.220 e. The molecule has 4 nitrogen and oxygen atoms in total. The Morgan fingerprint density at radius 3 is 2.69 bits per heavy atom. The van der Waals surface area contributed by atoms with Crippen molar-refractivity contribution in [3.63, 3.8) is 0 Å². The zero-order valence-corrected chi connectivity index (χ0v) is 15.9. The number of halogens is 2. The van der Waals surface area contributed by atoms with E-state index in [1.54, 1.807) is 24.7 Å². The van der Waals surface area contributed by atoms with E-state index in [4.69, 9.17) is 0 Å².